The molecule has 1 aromatic heterocycles. The Kier molecular flexibility index (Phi) is 4.74. The molecular weight excluding hydrogens is 336 g/mol. The first-order valence-electron chi connectivity index (χ1n) is 7.87. The molecule has 0 atom stereocenters. The number of benzene rings is 2. The van der Waals surface area contributed by atoms with Gasteiger partial charge in [-0.25, -0.2) is 8.42 Å². The lowest BCUT2D eigenvalue weighted by atomic mass is 10.1. The number of rotatable bonds is 5. The van der Waals surface area contributed by atoms with E-state index in [1.807, 2.05) is 31.2 Å². The molecule has 6 heteroatoms. The van der Waals surface area contributed by atoms with Gasteiger partial charge in [0.1, 0.15) is 5.75 Å². The Bertz CT molecular complexity index is 1020. The normalized spacial score (nSPS) is 11.8. The molecule has 0 aliphatic rings. The average Bonchev–Trinajstić information content (AvgIpc) is 2.62. The average molecular weight is 356 g/mol. The van der Waals surface area contributed by atoms with Crippen molar-refractivity contribution in [3.05, 3.63) is 65.9 Å². The third-order valence-corrected chi connectivity index (χ3v) is 6.07. The fourth-order valence-electron chi connectivity index (χ4n) is 2.84. The predicted molar refractivity (Wildman–Crippen MR) is 98.1 cm³/mol. The second kappa shape index (κ2) is 6.82. The monoisotopic (exact) mass is 356 g/mol. The van der Waals surface area contributed by atoms with Crippen LogP contribution in [0, 0.1) is 6.92 Å². The van der Waals surface area contributed by atoms with E-state index in [9.17, 15) is 8.42 Å². The van der Waals surface area contributed by atoms with Gasteiger partial charge in [-0.2, -0.15) is 4.31 Å². The lowest BCUT2D eigenvalue weighted by Gasteiger charge is -2.20. The van der Waals surface area contributed by atoms with E-state index in [1.54, 1.807) is 44.6 Å². The highest BCUT2D eigenvalue weighted by molar-refractivity contribution is 7.89. The van der Waals surface area contributed by atoms with Gasteiger partial charge in [0.15, 0.2) is 0 Å². The van der Waals surface area contributed by atoms with E-state index >= 15 is 0 Å². The number of nitrogens with zero attached hydrogens (tertiary/aromatic N) is 2. The summed E-state index contributed by atoms with van der Waals surface area (Å²) in [6.45, 7) is 2.15. The van der Waals surface area contributed by atoms with Gasteiger partial charge >= 0.3 is 0 Å². The van der Waals surface area contributed by atoms with E-state index in [-0.39, 0.29) is 11.4 Å². The SMILES string of the molecule is COc1ccccc1CN(C)S(=O)(=O)c1ccc(C)c2ncccc12. The third-order valence-electron chi connectivity index (χ3n) is 4.21. The zero-order valence-electron chi connectivity index (χ0n) is 14.4. The highest BCUT2D eigenvalue weighted by Crippen LogP contribution is 2.28. The van der Waals surface area contributed by atoms with Gasteiger partial charge in [-0.15, -0.1) is 0 Å². The number of hydrogen-bond acceptors (Lipinski definition) is 4. The Balaban J connectivity index is 2.03. The fourth-order valence-corrected chi connectivity index (χ4v) is 4.17. The zero-order valence-corrected chi connectivity index (χ0v) is 15.2. The van der Waals surface area contributed by atoms with Gasteiger partial charge in [0.25, 0.3) is 0 Å². The van der Waals surface area contributed by atoms with Crippen molar-refractivity contribution in [2.75, 3.05) is 14.2 Å². The van der Waals surface area contributed by atoms with E-state index in [0.717, 1.165) is 11.1 Å². The minimum Gasteiger partial charge on any atom is -0.496 e. The van der Waals surface area contributed by atoms with Crippen LogP contribution in [0.2, 0.25) is 0 Å². The highest BCUT2D eigenvalue weighted by atomic mass is 32.2. The van der Waals surface area contributed by atoms with Crippen LogP contribution in [0.4, 0.5) is 0 Å². The second-order valence-electron chi connectivity index (χ2n) is 5.85. The smallest absolute Gasteiger partial charge is 0.243 e. The summed E-state index contributed by atoms with van der Waals surface area (Å²) in [4.78, 5) is 4.59. The first-order chi connectivity index (χ1) is 11.9. The topological polar surface area (TPSA) is 59.5 Å². The quantitative estimate of drug-likeness (QED) is 0.703. The molecule has 5 nitrogen and oxygen atoms in total. The maximum atomic E-state index is 13.1. The molecule has 0 N–H and O–H groups in total. The number of methoxy groups -OCH3 is 1. The number of ether oxygens (including phenoxy) is 1. The van der Waals surface area contributed by atoms with Crippen molar-refractivity contribution < 1.29 is 13.2 Å². The Morgan fingerprint density at radius 1 is 1.08 bits per heavy atom. The van der Waals surface area contributed by atoms with Crippen LogP contribution in [0.5, 0.6) is 5.75 Å². The number of aromatic nitrogens is 1. The van der Waals surface area contributed by atoms with Gasteiger partial charge in [0, 0.05) is 30.7 Å². The van der Waals surface area contributed by atoms with Gasteiger partial charge in [0.05, 0.1) is 17.5 Å². The summed E-state index contributed by atoms with van der Waals surface area (Å²) in [5.41, 5.74) is 2.46. The van der Waals surface area contributed by atoms with Gasteiger partial charge in [-0.05, 0) is 36.8 Å². The lowest BCUT2D eigenvalue weighted by Crippen LogP contribution is -2.27. The second-order valence-corrected chi connectivity index (χ2v) is 7.87. The first kappa shape index (κ1) is 17.4. The van der Waals surface area contributed by atoms with Gasteiger partial charge in [-0.3, -0.25) is 4.98 Å². The number of para-hydroxylation sites is 1. The standard InChI is InChI=1S/C19H20N2O3S/c1-14-10-11-18(16-8-6-12-20-19(14)16)25(22,23)21(2)13-15-7-4-5-9-17(15)24-3/h4-12H,13H2,1-3H3. The molecular formula is C19H20N2O3S. The fraction of sp³-hybridized carbons (Fsp3) is 0.211. The van der Waals surface area contributed by atoms with Crippen molar-refractivity contribution in [2.24, 2.45) is 0 Å². The molecule has 3 rings (SSSR count). The molecule has 1 heterocycles. The van der Waals surface area contributed by atoms with Crippen molar-refractivity contribution in [1.29, 1.82) is 0 Å². The maximum absolute atomic E-state index is 13.1. The number of hydrogen-bond donors (Lipinski definition) is 0. The molecule has 130 valence electrons. The molecule has 25 heavy (non-hydrogen) atoms. The van der Waals surface area contributed by atoms with Crippen LogP contribution in [-0.4, -0.2) is 31.9 Å². The van der Waals surface area contributed by atoms with Crippen LogP contribution in [0.25, 0.3) is 10.9 Å². The largest absolute Gasteiger partial charge is 0.496 e. The predicted octanol–water partition coefficient (Wildman–Crippen LogP) is 3.37. The summed E-state index contributed by atoms with van der Waals surface area (Å²) >= 11 is 0. The number of sulfonamides is 1. The van der Waals surface area contributed by atoms with Gasteiger partial charge < -0.3 is 4.74 Å². The summed E-state index contributed by atoms with van der Waals surface area (Å²) < 4.78 is 32.9. The van der Waals surface area contributed by atoms with Crippen molar-refractivity contribution in [3.63, 3.8) is 0 Å². The number of aryl methyl sites for hydroxylation is 1. The van der Waals surface area contributed by atoms with Crippen LogP contribution < -0.4 is 4.74 Å². The molecule has 2 aromatic carbocycles. The van der Waals surface area contributed by atoms with Gasteiger partial charge in [0.2, 0.25) is 10.0 Å². The van der Waals surface area contributed by atoms with Crippen LogP contribution >= 0.6 is 0 Å². The molecule has 0 radical (unpaired) electrons. The summed E-state index contributed by atoms with van der Waals surface area (Å²) in [6, 6.07) is 14.4. The van der Waals surface area contributed by atoms with Crippen molar-refractivity contribution in [3.8, 4) is 5.75 Å². The first-order valence-corrected chi connectivity index (χ1v) is 9.31. The molecule has 0 fully saturated rings. The third kappa shape index (κ3) is 3.23. The number of pyridine rings is 1. The minimum absolute atomic E-state index is 0.224. The van der Waals surface area contributed by atoms with Crippen LogP contribution in [-0.2, 0) is 16.6 Å². The molecule has 0 unspecified atom stereocenters. The molecule has 0 spiro atoms. The van der Waals surface area contributed by atoms with Crippen molar-refractivity contribution >= 4 is 20.9 Å². The van der Waals surface area contributed by atoms with E-state index in [4.69, 9.17) is 4.74 Å². The van der Waals surface area contributed by atoms with E-state index < -0.39 is 10.0 Å². The van der Waals surface area contributed by atoms with Crippen molar-refractivity contribution in [2.45, 2.75) is 18.4 Å². The van der Waals surface area contributed by atoms with Crippen LogP contribution in [0.15, 0.2) is 59.6 Å². The Hall–Kier alpha value is -2.44. The molecule has 0 saturated carbocycles. The summed E-state index contributed by atoms with van der Waals surface area (Å²) in [6.07, 6.45) is 1.67. The number of fused-ring (bicyclic) bond motifs is 1. The molecule has 0 aliphatic carbocycles. The van der Waals surface area contributed by atoms with E-state index in [2.05, 4.69) is 4.98 Å². The maximum Gasteiger partial charge on any atom is 0.243 e. The zero-order chi connectivity index (χ0) is 18.0. The summed E-state index contributed by atoms with van der Waals surface area (Å²) in [5, 5.41) is 0.634. The van der Waals surface area contributed by atoms with E-state index in [1.165, 1.54) is 4.31 Å². The van der Waals surface area contributed by atoms with Crippen LogP contribution in [0.1, 0.15) is 11.1 Å². The molecule has 0 aliphatic heterocycles. The molecule has 0 bridgehead atoms. The molecule has 0 amide bonds. The molecule has 3 aromatic rings. The Morgan fingerprint density at radius 2 is 1.84 bits per heavy atom. The Morgan fingerprint density at radius 3 is 2.60 bits per heavy atom. The van der Waals surface area contributed by atoms with Gasteiger partial charge in [-0.1, -0.05) is 24.3 Å². The highest BCUT2D eigenvalue weighted by Gasteiger charge is 2.24. The minimum atomic E-state index is -3.67. The van der Waals surface area contributed by atoms with Crippen molar-refractivity contribution in [1.82, 2.24) is 9.29 Å². The summed E-state index contributed by atoms with van der Waals surface area (Å²) in [7, 11) is -0.519. The lowest BCUT2D eigenvalue weighted by molar-refractivity contribution is 0.398. The molecule has 0 saturated heterocycles. The Labute approximate surface area is 147 Å². The summed E-state index contributed by atoms with van der Waals surface area (Å²) in [5.74, 6) is 0.667. The van der Waals surface area contributed by atoms with E-state index in [0.29, 0.717) is 16.7 Å². The van der Waals surface area contributed by atoms with Crippen LogP contribution in [0.3, 0.4) is 0 Å².